The molecule has 0 aliphatic rings. The van der Waals surface area contributed by atoms with Crippen LogP contribution in [0.2, 0.25) is 0 Å². The van der Waals surface area contributed by atoms with Gasteiger partial charge in [-0.05, 0) is 53.2 Å². The van der Waals surface area contributed by atoms with Gasteiger partial charge in [0.15, 0.2) is 5.16 Å². The number of carbonyl (C=O) groups is 1. The van der Waals surface area contributed by atoms with E-state index in [1.807, 2.05) is 64.6 Å². The van der Waals surface area contributed by atoms with Gasteiger partial charge in [0.1, 0.15) is 0 Å². The molecule has 0 fully saturated rings. The van der Waals surface area contributed by atoms with Crippen LogP contribution in [0.5, 0.6) is 0 Å². The van der Waals surface area contributed by atoms with Gasteiger partial charge in [-0.15, -0.1) is 0 Å². The molecule has 2 aromatic rings. The molecule has 2 rings (SSSR count). The first-order valence-corrected chi connectivity index (χ1v) is 10.1. The Bertz CT molecular complexity index is 821. The molecule has 0 radical (unpaired) electrons. The highest BCUT2D eigenvalue weighted by molar-refractivity contribution is 8.00. The van der Waals surface area contributed by atoms with E-state index in [1.165, 1.54) is 11.8 Å². The van der Waals surface area contributed by atoms with Crippen molar-refractivity contribution in [3.05, 3.63) is 34.6 Å². The molecule has 142 valence electrons. The number of nitrogens with zero attached hydrogens (tertiary/aromatic N) is 3. The maximum Gasteiger partial charge on any atom is 0.262 e. The molecule has 0 saturated carbocycles. The monoisotopic (exact) mass is 375 g/mol. The summed E-state index contributed by atoms with van der Waals surface area (Å²) >= 11 is 1.37. The average molecular weight is 376 g/mol. The first-order valence-electron chi connectivity index (χ1n) is 9.26. The van der Waals surface area contributed by atoms with Gasteiger partial charge in [0.05, 0.1) is 16.2 Å². The lowest BCUT2D eigenvalue weighted by Gasteiger charge is -2.33. The van der Waals surface area contributed by atoms with Crippen molar-refractivity contribution in [3.63, 3.8) is 0 Å². The van der Waals surface area contributed by atoms with Crippen molar-refractivity contribution in [2.45, 2.75) is 77.0 Å². The molecule has 0 N–H and O–H groups in total. The highest BCUT2D eigenvalue weighted by Gasteiger charge is 2.27. The van der Waals surface area contributed by atoms with Crippen LogP contribution in [0.25, 0.3) is 10.9 Å². The predicted octanol–water partition coefficient (Wildman–Crippen LogP) is 3.93. The number of rotatable bonds is 7. The summed E-state index contributed by atoms with van der Waals surface area (Å²) in [7, 11) is 0. The summed E-state index contributed by atoms with van der Waals surface area (Å²) in [6.45, 7) is 12.6. The van der Waals surface area contributed by atoms with Gasteiger partial charge in [0.25, 0.3) is 5.56 Å². The summed E-state index contributed by atoms with van der Waals surface area (Å²) in [6.07, 6.45) is 0.833. The van der Waals surface area contributed by atoms with Crippen molar-refractivity contribution in [1.82, 2.24) is 14.5 Å². The molecule has 0 bridgehead atoms. The quantitative estimate of drug-likeness (QED) is 0.543. The Hall–Kier alpha value is -1.82. The van der Waals surface area contributed by atoms with Crippen LogP contribution in [0.15, 0.2) is 34.2 Å². The van der Waals surface area contributed by atoms with Crippen molar-refractivity contribution in [3.8, 4) is 0 Å². The van der Waals surface area contributed by atoms with E-state index in [0.29, 0.717) is 22.6 Å². The zero-order valence-corrected chi connectivity index (χ0v) is 17.3. The van der Waals surface area contributed by atoms with Gasteiger partial charge in [-0.25, -0.2) is 4.98 Å². The van der Waals surface area contributed by atoms with Gasteiger partial charge < -0.3 is 4.90 Å². The van der Waals surface area contributed by atoms with Crippen molar-refractivity contribution in [1.29, 1.82) is 0 Å². The predicted molar refractivity (Wildman–Crippen MR) is 109 cm³/mol. The fourth-order valence-corrected chi connectivity index (χ4v) is 4.17. The number of para-hydroxylation sites is 1. The molecule has 5 nitrogen and oxygen atoms in total. The molecule has 1 aromatic carbocycles. The molecule has 1 aromatic heterocycles. The standard InChI is InChI=1S/C20H29N3O2S/c1-7-12-22-19(25)16-10-8-9-11-17(16)21-20(22)26-15(6)18(24)23(13(2)3)14(4)5/h8-11,13-15H,7,12H2,1-6H3. The maximum absolute atomic E-state index is 12.9. The molecule has 1 atom stereocenters. The second kappa shape index (κ2) is 8.71. The Morgan fingerprint density at radius 3 is 2.35 bits per heavy atom. The Labute approximate surface area is 159 Å². The summed E-state index contributed by atoms with van der Waals surface area (Å²) in [5.41, 5.74) is 0.640. The molecule has 26 heavy (non-hydrogen) atoms. The van der Waals surface area contributed by atoms with Gasteiger partial charge >= 0.3 is 0 Å². The maximum atomic E-state index is 12.9. The molecule has 0 saturated heterocycles. The van der Waals surface area contributed by atoms with E-state index in [0.717, 1.165) is 6.42 Å². The van der Waals surface area contributed by atoms with Crippen molar-refractivity contribution in [2.24, 2.45) is 0 Å². The van der Waals surface area contributed by atoms with E-state index in [4.69, 9.17) is 0 Å². The Kier molecular flexibility index (Phi) is 6.87. The van der Waals surface area contributed by atoms with Crippen LogP contribution >= 0.6 is 11.8 Å². The fraction of sp³-hybridized carbons (Fsp3) is 0.550. The zero-order valence-electron chi connectivity index (χ0n) is 16.5. The molecule has 6 heteroatoms. The summed E-state index contributed by atoms with van der Waals surface area (Å²) in [5, 5.41) is 0.926. The molecule has 1 unspecified atom stereocenters. The van der Waals surface area contributed by atoms with Crippen LogP contribution in [0.1, 0.15) is 48.0 Å². The second-order valence-corrected chi connectivity index (χ2v) is 8.37. The van der Waals surface area contributed by atoms with Gasteiger partial charge in [-0.1, -0.05) is 30.8 Å². The number of hydrogen-bond acceptors (Lipinski definition) is 4. The van der Waals surface area contributed by atoms with Crippen molar-refractivity contribution in [2.75, 3.05) is 0 Å². The largest absolute Gasteiger partial charge is 0.337 e. The third-order valence-electron chi connectivity index (χ3n) is 4.27. The zero-order chi connectivity index (χ0) is 19.4. The van der Waals surface area contributed by atoms with Crippen LogP contribution in [0, 0.1) is 0 Å². The van der Waals surface area contributed by atoms with E-state index < -0.39 is 0 Å². The number of carbonyl (C=O) groups excluding carboxylic acids is 1. The Morgan fingerprint density at radius 1 is 1.15 bits per heavy atom. The normalized spacial score (nSPS) is 12.8. The van der Waals surface area contributed by atoms with Crippen molar-refractivity contribution < 1.29 is 4.79 Å². The Balaban J connectivity index is 2.41. The summed E-state index contributed by atoms with van der Waals surface area (Å²) in [6, 6.07) is 7.64. The minimum absolute atomic E-state index is 0.0378. The first-order chi connectivity index (χ1) is 12.3. The van der Waals surface area contributed by atoms with Crippen LogP contribution in [0.3, 0.4) is 0 Å². The highest BCUT2D eigenvalue weighted by atomic mass is 32.2. The summed E-state index contributed by atoms with van der Waals surface area (Å²) in [4.78, 5) is 32.4. The summed E-state index contributed by atoms with van der Waals surface area (Å²) < 4.78 is 1.70. The molecule has 0 spiro atoms. The topological polar surface area (TPSA) is 55.2 Å². The summed E-state index contributed by atoms with van der Waals surface area (Å²) in [5.74, 6) is 0.0745. The fourth-order valence-electron chi connectivity index (χ4n) is 3.18. The minimum atomic E-state index is -0.309. The number of benzene rings is 1. The molecule has 1 heterocycles. The second-order valence-electron chi connectivity index (χ2n) is 7.06. The van der Waals surface area contributed by atoms with E-state index >= 15 is 0 Å². The SMILES string of the molecule is CCCn1c(SC(C)C(=O)N(C(C)C)C(C)C)nc2ccccc2c1=O. The third kappa shape index (κ3) is 4.29. The van der Waals surface area contributed by atoms with Crippen LogP contribution < -0.4 is 5.56 Å². The van der Waals surface area contributed by atoms with Crippen molar-refractivity contribution >= 4 is 28.6 Å². The number of fused-ring (bicyclic) bond motifs is 1. The van der Waals surface area contributed by atoms with Gasteiger partial charge in [-0.2, -0.15) is 0 Å². The van der Waals surface area contributed by atoms with Gasteiger partial charge in [0.2, 0.25) is 5.91 Å². The highest BCUT2D eigenvalue weighted by Crippen LogP contribution is 2.25. The molecular formula is C20H29N3O2S. The van der Waals surface area contributed by atoms with E-state index in [1.54, 1.807) is 10.6 Å². The van der Waals surface area contributed by atoms with Crippen LogP contribution in [-0.2, 0) is 11.3 Å². The van der Waals surface area contributed by atoms with E-state index in [9.17, 15) is 9.59 Å². The number of hydrogen-bond donors (Lipinski definition) is 0. The van der Waals surface area contributed by atoms with Gasteiger partial charge in [-0.3, -0.25) is 14.2 Å². The third-order valence-corrected chi connectivity index (χ3v) is 5.35. The lowest BCUT2D eigenvalue weighted by atomic mass is 10.2. The molecule has 0 aliphatic carbocycles. The number of amides is 1. The average Bonchev–Trinajstić information content (AvgIpc) is 2.57. The molecular weight excluding hydrogens is 346 g/mol. The lowest BCUT2D eigenvalue weighted by Crippen LogP contribution is -2.45. The smallest absolute Gasteiger partial charge is 0.262 e. The molecule has 1 amide bonds. The van der Waals surface area contributed by atoms with E-state index in [2.05, 4.69) is 4.98 Å². The number of aromatic nitrogens is 2. The minimum Gasteiger partial charge on any atom is -0.337 e. The lowest BCUT2D eigenvalue weighted by molar-refractivity contribution is -0.133. The first kappa shape index (κ1) is 20.5. The van der Waals surface area contributed by atoms with Crippen LogP contribution in [0.4, 0.5) is 0 Å². The molecule has 0 aliphatic heterocycles. The van der Waals surface area contributed by atoms with Crippen LogP contribution in [-0.4, -0.2) is 37.7 Å². The number of thioether (sulfide) groups is 1. The van der Waals surface area contributed by atoms with Gasteiger partial charge in [0, 0.05) is 18.6 Å². The van der Waals surface area contributed by atoms with E-state index in [-0.39, 0.29) is 28.8 Å². The Morgan fingerprint density at radius 2 is 1.77 bits per heavy atom.